The number of amides is 1. The summed E-state index contributed by atoms with van der Waals surface area (Å²) >= 11 is 0. The number of hydrogen-bond donors (Lipinski definition) is 3. The first-order valence-corrected chi connectivity index (χ1v) is 4.83. The first-order chi connectivity index (χ1) is 7.49. The zero-order valence-electron chi connectivity index (χ0n) is 8.72. The number of carboxylic acid groups (broad SMARTS) is 1. The van der Waals surface area contributed by atoms with E-state index in [4.69, 9.17) is 16.6 Å². The maximum absolute atomic E-state index is 10.6. The summed E-state index contributed by atoms with van der Waals surface area (Å²) in [6, 6.07) is 6.09. The van der Waals surface area contributed by atoms with Crippen LogP contribution in [0.5, 0.6) is 0 Å². The molecule has 1 amide bonds. The van der Waals surface area contributed by atoms with Crippen molar-refractivity contribution >= 4 is 11.9 Å². The molecule has 0 aliphatic carbocycles. The molecule has 0 radical (unpaired) electrons. The molecule has 5 heteroatoms. The highest BCUT2D eigenvalue weighted by atomic mass is 16.4. The lowest BCUT2D eigenvalue weighted by molar-refractivity contribution is -0.138. The summed E-state index contributed by atoms with van der Waals surface area (Å²) in [5, 5.41) is 8.63. The quantitative estimate of drug-likeness (QED) is 0.634. The Kier molecular flexibility index (Phi) is 4.02. The van der Waals surface area contributed by atoms with E-state index in [-0.39, 0.29) is 12.8 Å². The first-order valence-electron chi connectivity index (χ1n) is 4.83. The minimum absolute atomic E-state index is 0.186. The predicted molar refractivity (Wildman–Crippen MR) is 58.7 cm³/mol. The van der Waals surface area contributed by atoms with Crippen molar-refractivity contribution in [2.45, 2.75) is 18.9 Å². The van der Waals surface area contributed by atoms with Crippen LogP contribution in [-0.2, 0) is 22.4 Å². The minimum atomic E-state index is -1.03. The number of carbonyl (C=O) groups excluding carboxylic acids is 1. The van der Waals surface area contributed by atoms with Crippen molar-refractivity contribution in [2.24, 2.45) is 11.5 Å². The van der Waals surface area contributed by atoms with E-state index in [2.05, 4.69) is 0 Å². The number of hydrogen-bond acceptors (Lipinski definition) is 3. The molecule has 0 saturated heterocycles. The SMILES string of the molecule is NC(=O)Cc1ccc(CC(N)C(=O)O)cc1. The van der Waals surface area contributed by atoms with Crippen LogP contribution in [-0.4, -0.2) is 23.0 Å². The smallest absolute Gasteiger partial charge is 0.320 e. The molecule has 1 unspecified atom stereocenters. The average Bonchev–Trinajstić information content (AvgIpc) is 2.20. The molecular weight excluding hydrogens is 208 g/mol. The van der Waals surface area contributed by atoms with Gasteiger partial charge in [0.1, 0.15) is 6.04 Å². The number of aliphatic carboxylic acids is 1. The van der Waals surface area contributed by atoms with Crippen LogP contribution in [0.15, 0.2) is 24.3 Å². The summed E-state index contributed by atoms with van der Waals surface area (Å²) in [6.45, 7) is 0. The van der Waals surface area contributed by atoms with Gasteiger partial charge in [-0.05, 0) is 17.5 Å². The van der Waals surface area contributed by atoms with E-state index in [0.29, 0.717) is 0 Å². The monoisotopic (exact) mass is 222 g/mol. The van der Waals surface area contributed by atoms with Crippen molar-refractivity contribution in [2.75, 3.05) is 0 Å². The molecule has 0 aromatic heterocycles. The van der Waals surface area contributed by atoms with E-state index in [1.54, 1.807) is 24.3 Å². The summed E-state index contributed by atoms with van der Waals surface area (Å²) in [5.41, 5.74) is 12.1. The number of carboxylic acids is 1. The molecule has 0 aliphatic rings. The second-order valence-corrected chi connectivity index (χ2v) is 3.61. The number of carbonyl (C=O) groups is 2. The summed E-state index contributed by atoms with van der Waals surface area (Å²) < 4.78 is 0. The molecule has 0 aliphatic heterocycles. The lowest BCUT2D eigenvalue weighted by Crippen LogP contribution is -2.32. The molecule has 5 N–H and O–H groups in total. The normalized spacial score (nSPS) is 12.1. The van der Waals surface area contributed by atoms with Gasteiger partial charge in [-0.3, -0.25) is 9.59 Å². The van der Waals surface area contributed by atoms with E-state index in [9.17, 15) is 9.59 Å². The summed E-state index contributed by atoms with van der Waals surface area (Å²) in [6.07, 6.45) is 0.456. The Morgan fingerprint density at radius 2 is 1.69 bits per heavy atom. The molecule has 1 aromatic carbocycles. The van der Waals surface area contributed by atoms with Crippen LogP contribution in [0.1, 0.15) is 11.1 Å². The van der Waals surface area contributed by atoms with Crippen molar-refractivity contribution in [1.82, 2.24) is 0 Å². The van der Waals surface area contributed by atoms with Crippen LogP contribution >= 0.6 is 0 Å². The van der Waals surface area contributed by atoms with Crippen molar-refractivity contribution in [3.63, 3.8) is 0 Å². The lowest BCUT2D eigenvalue weighted by atomic mass is 10.0. The zero-order chi connectivity index (χ0) is 12.1. The van der Waals surface area contributed by atoms with Crippen LogP contribution in [0.4, 0.5) is 0 Å². The summed E-state index contributed by atoms with van der Waals surface area (Å²) in [5.74, 6) is -1.42. The third-order valence-electron chi connectivity index (χ3n) is 2.17. The van der Waals surface area contributed by atoms with Crippen LogP contribution in [0.25, 0.3) is 0 Å². The van der Waals surface area contributed by atoms with E-state index in [0.717, 1.165) is 11.1 Å². The van der Waals surface area contributed by atoms with Gasteiger partial charge in [0.15, 0.2) is 0 Å². The Labute approximate surface area is 93.1 Å². The van der Waals surface area contributed by atoms with Crippen molar-refractivity contribution < 1.29 is 14.7 Å². The van der Waals surface area contributed by atoms with Gasteiger partial charge in [-0.15, -0.1) is 0 Å². The van der Waals surface area contributed by atoms with E-state index in [1.165, 1.54) is 0 Å². The molecule has 0 fully saturated rings. The largest absolute Gasteiger partial charge is 0.480 e. The third kappa shape index (κ3) is 3.70. The predicted octanol–water partition coefficient (Wildman–Crippen LogP) is -0.331. The molecule has 0 bridgehead atoms. The standard InChI is InChI=1S/C11H14N2O3/c12-9(11(15)16)5-7-1-3-8(4-2-7)6-10(13)14/h1-4,9H,5-6,12H2,(H2,13,14)(H,15,16). The number of rotatable bonds is 5. The number of benzene rings is 1. The lowest BCUT2D eigenvalue weighted by Gasteiger charge is -2.06. The fourth-order valence-electron chi connectivity index (χ4n) is 1.34. The van der Waals surface area contributed by atoms with Gasteiger partial charge in [0.25, 0.3) is 0 Å². The zero-order valence-corrected chi connectivity index (χ0v) is 8.72. The Bertz CT molecular complexity index is 387. The number of nitrogens with two attached hydrogens (primary N) is 2. The molecule has 1 atom stereocenters. The maximum Gasteiger partial charge on any atom is 0.320 e. The van der Waals surface area contributed by atoms with Gasteiger partial charge in [-0.2, -0.15) is 0 Å². The Hall–Kier alpha value is -1.88. The van der Waals surface area contributed by atoms with Gasteiger partial charge < -0.3 is 16.6 Å². The molecular formula is C11H14N2O3. The Morgan fingerprint density at radius 3 is 2.12 bits per heavy atom. The topological polar surface area (TPSA) is 106 Å². The van der Waals surface area contributed by atoms with E-state index in [1.807, 2.05) is 0 Å². The second kappa shape index (κ2) is 5.27. The molecule has 86 valence electrons. The minimum Gasteiger partial charge on any atom is -0.480 e. The van der Waals surface area contributed by atoms with Crippen LogP contribution in [0, 0.1) is 0 Å². The second-order valence-electron chi connectivity index (χ2n) is 3.61. The fraction of sp³-hybridized carbons (Fsp3) is 0.273. The van der Waals surface area contributed by atoms with Crippen molar-refractivity contribution in [3.8, 4) is 0 Å². The van der Waals surface area contributed by atoms with E-state index < -0.39 is 17.9 Å². The highest BCUT2D eigenvalue weighted by molar-refractivity contribution is 5.76. The van der Waals surface area contributed by atoms with Gasteiger partial charge >= 0.3 is 5.97 Å². The molecule has 1 rings (SSSR count). The fourth-order valence-corrected chi connectivity index (χ4v) is 1.34. The van der Waals surface area contributed by atoms with E-state index >= 15 is 0 Å². The third-order valence-corrected chi connectivity index (χ3v) is 2.17. The van der Waals surface area contributed by atoms with Crippen LogP contribution < -0.4 is 11.5 Å². The Morgan fingerprint density at radius 1 is 1.19 bits per heavy atom. The molecule has 1 aromatic rings. The van der Waals surface area contributed by atoms with Crippen LogP contribution in [0.2, 0.25) is 0 Å². The summed E-state index contributed by atoms with van der Waals surface area (Å²) in [4.78, 5) is 21.2. The molecule has 0 spiro atoms. The molecule has 0 heterocycles. The molecule has 0 saturated carbocycles. The van der Waals surface area contributed by atoms with Gasteiger partial charge in [-0.1, -0.05) is 24.3 Å². The molecule has 5 nitrogen and oxygen atoms in total. The number of primary amides is 1. The molecule has 16 heavy (non-hydrogen) atoms. The van der Waals surface area contributed by atoms with Crippen LogP contribution in [0.3, 0.4) is 0 Å². The first kappa shape index (κ1) is 12.2. The summed E-state index contributed by atoms with van der Waals surface area (Å²) in [7, 11) is 0. The van der Waals surface area contributed by atoms with Crippen molar-refractivity contribution in [3.05, 3.63) is 35.4 Å². The van der Waals surface area contributed by atoms with Gasteiger partial charge in [-0.25, -0.2) is 0 Å². The van der Waals surface area contributed by atoms with Gasteiger partial charge in [0, 0.05) is 0 Å². The highest BCUT2D eigenvalue weighted by Gasteiger charge is 2.11. The van der Waals surface area contributed by atoms with Crippen molar-refractivity contribution in [1.29, 1.82) is 0 Å². The van der Waals surface area contributed by atoms with Gasteiger partial charge in [0.2, 0.25) is 5.91 Å². The Balaban J connectivity index is 2.64. The van der Waals surface area contributed by atoms with Gasteiger partial charge in [0.05, 0.1) is 6.42 Å². The highest BCUT2D eigenvalue weighted by Crippen LogP contribution is 2.07. The maximum atomic E-state index is 10.6. The average molecular weight is 222 g/mol.